The van der Waals surface area contributed by atoms with Crippen molar-refractivity contribution in [1.29, 1.82) is 0 Å². The summed E-state index contributed by atoms with van der Waals surface area (Å²) in [6.45, 7) is 5.40. The Kier molecular flexibility index (Phi) is 6.22. The van der Waals surface area contributed by atoms with Crippen molar-refractivity contribution in [3.63, 3.8) is 0 Å². The second-order valence-electron chi connectivity index (χ2n) is 5.18. The van der Waals surface area contributed by atoms with Gasteiger partial charge in [0.15, 0.2) is 0 Å². The Morgan fingerprint density at radius 2 is 1.76 bits per heavy atom. The summed E-state index contributed by atoms with van der Waals surface area (Å²) in [6, 6.07) is 5.74. The summed E-state index contributed by atoms with van der Waals surface area (Å²) in [5, 5.41) is 6.05. The van der Waals surface area contributed by atoms with E-state index in [4.69, 9.17) is 27.9 Å². The SMILES string of the molecule is CCOC(=O)c1cc(NC(=O)Nc2cc(Cl)ccc2Cl)c(C)nc1C. The van der Waals surface area contributed by atoms with Crippen LogP contribution in [0, 0.1) is 13.8 Å². The number of halogens is 2. The number of aromatic nitrogens is 1. The lowest BCUT2D eigenvalue weighted by molar-refractivity contribution is 0.0525. The molecule has 25 heavy (non-hydrogen) atoms. The molecule has 2 rings (SSSR count). The first-order valence-corrected chi connectivity index (χ1v) is 8.25. The van der Waals surface area contributed by atoms with Crippen LogP contribution in [-0.4, -0.2) is 23.6 Å². The second-order valence-corrected chi connectivity index (χ2v) is 6.02. The van der Waals surface area contributed by atoms with Crippen LogP contribution in [0.15, 0.2) is 24.3 Å². The van der Waals surface area contributed by atoms with E-state index in [-0.39, 0.29) is 6.61 Å². The molecule has 0 aliphatic heterocycles. The molecule has 0 saturated carbocycles. The fourth-order valence-electron chi connectivity index (χ4n) is 2.14. The van der Waals surface area contributed by atoms with Gasteiger partial charge in [-0.3, -0.25) is 4.98 Å². The third-order valence-corrected chi connectivity index (χ3v) is 3.89. The van der Waals surface area contributed by atoms with Crippen molar-refractivity contribution in [2.24, 2.45) is 0 Å². The predicted molar refractivity (Wildman–Crippen MR) is 98.8 cm³/mol. The molecule has 0 spiro atoms. The Balaban J connectivity index is 2.21. The number of pyridine rings is 1. The van der Waals surface area contributed by atoms with Gasteiger partial charge >= 0.3 is 12.0 Å². The smallest absolute Gasteiger partial charge is 0.340 e. The Labute approximate surface area is 155 Å². The molecule has 0 atom stereocenters. The number of carbonyl (C=O) groups excluding carboxylic acids is 2. The number of rotatable bonds is 4. The van der Waals surface area contributed by atoms with E-state index in [2.05, 4.69) is 15.6 Å². The van der Waals surface area contributed by atoms with E-state index in [1.54, 1.807) is 32.9 Å². The standard InChI is InChI=1S/C17H17Cl2N3O3/c1-4-25-16(23)12-8-14(10(3)20-9(12)2)21-17(24)22-15-7-11(18)5-6-13(15)19/h5-8H,4H2,1-3H3,(H2,21,22,24). The maximum Gasteiger partial charge on any atom is 0.340 e. The molecule has 0 bridgehead atoms. The molecular formula is C17H17Cl2N3O3. The minimum Gasteiger partial charge on any atom is -0.462 e. The number of hydrogen-bond donors (Lipinski definition) is 2. The first-order valence-electron chi connectivity index (χ1n) is 7.50. The lowest BCUT2D eigenvalue weighted by Crippen LogP contribution is -2.21. The van der Waals surface area contributed by atoms with Crippen molar-refractivity contribution < 1.29 is 14.3 Å². The van der Waals surface area contributed by atoms with Gasteiger partial charge in [-0.15, -0.1) is 0 Å². The fourth-order valence-corrected chi connectivity index (χ4v) is 2.47. The van der Waals surface area contributed by atoms with Crippen molar-refractivity contribution in [2.45, 2.75) is 20.8 Å². The van der Waals surface area contributed by atoms with Crippen LogP contribution in [0.1, 0.15) is 28.7 Å². The molecule has 0 radical (unpaired) electrons. The average Bonchev–Trinajstić information content (AvgIpc) is 2.53. The Hall–Kier alpha value is -2.31. The molecule has 0 unspecified atom stereocenters. The summed E-state index contributed by atoms with van der Waals surface area (Å²) in [4.78, 5) is 28.5. The molecule has 6 nitrogen and oxygen atoms in total. The largest absolute Gasteiger partial charge is 0.462 e. The molecule has 1 aromatic heterocycles. The van der Waals surface area contributed by atoms with E-state index in [0.29, 0.717) is 38.4 Å². The van der Waals surface area contributed by atoms with Crippen molar-refractivity contribution in [3.8, 4) is 0 Å². The van der Waals surface area contributed by atoms with Crippen molar-refractivity contribution in [3.05, 3.63) is 51.3 Å². The minimum absolute atomic E-state index is 0.253. The summed E-state index contributed by atoms with van der Waals surface area (Å²) in [5.74, 6) is -0.492. The van der Waals surface area contributed by atoms with Crippen LogP contribution in [0.5, 0.6) is 0 Å². The summed E-state index contributed by atoms with van der Waals surface area (Å²) in [5.41, 5.74) is 2.15. The zero-order chi connectivity index (χ0) is 18.6. The normalized spacial score (nSPS) is 10.3. The van der Waals surface area contributed by atoms with E-state index in [9.17, 15) is 9.59 Å². The number of urea groups is 1. The van der Waals surface area contributed by atoms with Gasteiger partial charge in [0.05, 0.1) is 40.0 Å². The van der Waals surface area contributed by atoms with Gasteiger partial charge in [-0.25, -0.2) is 9.59 Å². The van der Waals surface area contributed by atoms with Gasteiger partial charge in [-0.1, -0.05) is 23.2 Å². The van der Waals surface area contributed by atoms with Crippen molar-refractivity contribution >= 4 is 46.6 Å². The van der Waals surface area contributed by atoms with Crippen molar-refractivity contribution in [2.75, 3.05) is 17.2 Å². The van der Waals surface area contributed by atoms with E-state index >= 15 is 0 Å². The highest BCUT2D eigenvalue weighted by molar-refractivity contribution is 6.35. The van der Waals surface area contributed by atoms with E-state index in [1.165, 1.54) is 12.1 Å². The zero-order valence-electron chi connectivity index (χ0n) is 13.9. The van der Waals surface area contributed by atoms with Gasteiger partial charge in [0, 0.05) is 5.02 Å². The number of esters is 1. The third kappa shape index (κ3) is 4.84. The Bertz CT molecular complexity index is 825. The summed E-state index contributed by atoms with van der Waals surface area (Å²) < 4.78 is 4.99. The molecule has 132 valence electrons. The van der Waals surface area contributed by atoms with E-state index < -0.39 is 12.0 Å². The number of amides is 2. The van der Waals surface area contributed by atoms with Gasteiger partial charge in [0.25, 0.3) is 0 Å². The summed E-state index contributed by atoms with van der Waals surface area (Å²) in [6.07, 6.45) is 0. The molecule has 8 heteroatoms. The molecule has 2 N–H and O–H groups in total. The topological polar surface area (TPSA) is 80.3 Å². The van der Waals surface area contributed by atoms with Crippen LogP contribution in [0.25, 0.3) is 0 Å². The fraction of sp³-hybridized carbons (Fsp3) is 0.235. The maximum absolute atomic E-state index is 12.2. The number of benzene rings is 1. The van der Waals surface area contributed by atoms with Gasteiger partial charge in [0.1, 0.15) is 0 Å². The van der Waals surface area contributed by atoms with Crippen LogP contribution in [-0.2, 0) is 4.74 Å². The number of carbonyl (C=O) groups is 2. The number of hydrogen-bond acceptors (Lipinski definition) is 4. The summed E-state index contributed by atoms with van der Waals surface area (Å²) in [7, 11) is 0. The quantitative estimate of drug-likeness (QED) is 0.743. The number of ether oxygens (including phenoxy) is 1. The highest BCUT2D eigenvalue weighted by atomic mass is 35.5. The molecular weight excluding hydrogens is 365 g/mol. The number of nitrogens with zero attached hydrogens (tertiary/aromatic N) is 1. The lowest BCUT2D eigenvalue weighted by atomic mass is 10.1. The molecule has 1 heterocycles. The zero-order valence-corrected chi connectivity index (χ0v) is 15.5. The van der Waals surface area contributed by atoms with Gasteiger partial charge < -0.3 is 15.4 Å². The van der Waals surface area contributed by atoms with Crippen LogP contribution in [0.4, 0.5) is 16.2 Å². The number of anilines is 2. The Morgan fingerprint density at radius 3 is 2.44 bits per heavy atom. The van der Waals surface area contributed by atoms with E-state index in [1.807, 2.05) is 0 Å². The molecule has 2 aromatic rings. The highest BCUT2D eigenvalue weighted by Gasteiger charge is 2.16. The molecule has 0 aliphatic carbocycles. The molecule has 0 fully saturated rings. The second kappa shape index (κ2) is 8.18. The number of aryl methyl sites for hydroxylation is 2. The van der Waals surface area contributed by atoms with Crippen molar-refractivity contribution in [1.82, 2.24) is 4.98 Å². The highest BCUT2D eigenvalue weighted by Crippen LogP contribution is 2.26. The maximum atomic E-state index is 12.2. The minimum atomic E-state index is -0.535. The first kappa shape index (κ1) is 19.0. The lowest BCUT2D eigenvalue weighted by Gasteiger charge is -2.13. The monoisotopic (exact) mass is 381 g/mol. The molecule has 1 aromatic carbocycles. The van der Waals surface area contributed by atoms with Gasteiger partial charge in [-0.05, 0) is 45.0 Å². The van der Waals surface area contributed by atoms with Crippen LogP contribution in [0.2, 0.25) is 10.0 Å². The van der Waals surface area contributed by atoms with Gasteiger partial charge in [0.2, 0.25) is 0 Å². The van der Waals surface area contributed by atoms with Crippen LogP contribution >= 0.6 is 23.2 Å². The number of nitrogens with one attached hydrogen (secondary N) is 2. The van der Waals surface area contributed by atoms with Crippen LogP contribution in [0.3, 0.4) is 0 Å². The molecule has 2 amide bonds. The predicted octanol–water partition coefficient (Wildman–Crippen LogP) is 4.83. The third-order valence-electron chi connectivity index (χ3n) is 3.32. The first-order chi connectivity index (χ1) is 11.8. The van der Waals surface area contributed by atoms with Crippen LogP contribution < -0.4 is 10.6 Å². The molecule has 0 aliphatic rings. The average molecular weight is 382 g/mol. The van der Waals surface area contributed by atoms with Gasteiger partial charge in [-0.2, -0.15) is 0 Å². The Morgan fingerprint density at radius 1 is 1.08 bits per heavy atom. The van der Waals surface area contributed by atoms with E-state index in [0.717, 1.165) is 0 Å². The summed E-state index contributed by atoms with van der Waals surface area (Å²) >= 11 is 11.9. The molecule has 0 saturated heterocycles.